The van der Waals surface area contributed by atoms with E-state index in [0.29, 0.717) is 5.82 Å². The van der Waals surface area contributed by atoms with Gasteiger partial charge >= 0.3 is 0 Å². The van der Waals surface area contributed by atoms with Gasteiger partial charge in [0.15, 0.2) is 0 Å². The SMILES string of the molecule is CCc1nc(N)c(C)c(Sc2ccccc2Cl)n1. The van der Waals surface area contributed by atoms with Gasteiger partial charge in [-0.25, -0.2) is 9.97 Å². The van der Waals surface area contributed by atoms with Crippen molar-refractivity contribution in [2.24, 2.45) is 0 Å². The Kier molecular flexibility index (Phi) is 4.09. The number of aryl methyl sites for hydroxylation is 1. The number of halogens is 1. The molecule has 0 aliphatic rings. The van der Waals surface area contributed by atoms with Gasteiger partial charge in [-0.2, -0.15) is 0 Å². The Labute approximate surface area is 116 Å². The van der Waals surface area contributed by atoms with Crippen LogP contribution in [0, 0.1) is 6.92 Å². The van der Waals surface area contributed by atoms with Crippen molar-refractivity contribution in [3.05, 3.63) is 40.7 Å². The molecule has 0 aliphatic carbocycles. The first-order valence-electron chi connectivity index (χ1n) is 5.67. The molecule has 1 aromatic heterocycles. The monoisotopic (exact) mass is 279 g/mol. The minimum atomic E-state index is 0.538. The number of benzene rings is 1. The Morgan fingerprint density at radius 1 is 1.28 bits per heavy atom. The molecule has 0 unspecified atom stereocenters. The minimum absolute atomic E-state index is 0.538. The highest BCUT2D eigenvalue weighted by Gasteiger charge is 2.10. The number of hydrogen-bond donors (Lipinski definition) is 1. The van der Waals surface area contributed by atoms with E-state index in [-0.39, 0.29) is 0 Å². The van der Waals surface area contributed by atoms with Gasteiger partial charge in [0.25, 0.3) is 0 Å². The van der Waals surface area contributed by atoms with Crippen molar-refractivity contribution in [2.75, 3.05) is 5.73 Å². The highest BCUT2D eigenvalue weighted by atomic mass is 35.5. The number of nitrogens with two attached hydrogens (primary N) is 1. The van der Waals surface area contributed by atoms with Crippen LogP contribution in [0.25, 0.3) is 0 Å². The summed E-state index contributed by atoms with van der Waals surface area (Å²) in [6, 6.07) is 7.70. The van der Waals surface area contributed by atoms with Crippen LogP contribution in [0.5, 0.6) is 0 Å². The fraction of sp³-hybridized carbons (Fsp3) is 0.231. The molecule has 2 rings (SSSR count). The maximum atomic E-state index is 6.14. The lowest BCUT2D eigenvalue weighted by Crippen LogP contribution is -2.03. The van der Waals surface area contributed by atoms with Crippen LogP contribution in [0.15, 0.2) is 34.2 Å². The average Bonchev–Trinajstić information content (AvgIpc) is 2.37. The molecule has 0 fully saturated rings. The molecule has 0 amide bonds. The van der Waals surface area contributed by atoms with Gasteiger partial charge in [0, 0.05) is 16.9 Å². The first kappa shape index (κ1) is 13.2. The summed E-state index contributed by atoms with van der Waals surface area (Å²) in [5, 5.41) is 1.59. The summed E-state index contributed by atoms with van der Waals surface area (Å²) in [5.74, 6) is 1.30. The average molecular weight is 280 g/mol. The van der Waals surface area contributed by atoms with Crippen molar-refractivity contribution in [2.45, 2.75) is 30.2 Å². The second-order valence-corrected chi connectivity index (χ2v) is 5.28. The van der Waals surface area contributed by atoms with Crippen LogP contribution in [0.4, 0.5) is 5.82 Å². The van der Waals surface area contributed by atoms with E-state index in [1.54, 1.807) is 0 Å². The summed E-state index contributed by atoms with van der Waals surface area (Å²) in [4.78, 5) is 9.71. The smallest absolute Gasteiger partial charge is 0.131 e. The topological polar surface area (TPSA) is 51.8 Å². The van der Waals surface area contributed by atoms with Crippen LogP contribution in [-0.2, 0) is 6.42 Å². The van der Waals surface area contributed by atoms with E-state index in [1.165, 1.54) is 11.8 Å². The van der Waals surface area contributed by atoms with E-state index in [0.717, 1.165) is 32.8 Å². The lowest BCUT2D eigenvalue weighted by Gasteiger charge is -2.09. The third kappa shape index (κ3) is 2.76. The zero-order valence-electron chi connectivity index (χ0n) is 10.3. The van der Waals surface area contributed by atoms with Crippen LogP contribution >= 0.6 is 23.4 Å². The molecule has 94 valence electrons. The van der Waals surface area contributed by atoms with E-state index in [4.69, 9.17) is 17.3 Å². The van der Waals surface area contributed by atoms with Gasteiger partial charge < -0.3 is 5.73 Å². The van der Waals surface area contributed by atoms with Gasteiger partial charge in [-0.15, -0.1) is 0 Å². The summed E-state index contributed by atoms with van der Waals surface area (Å²) >= 11 is 7.67. The second kappa shape index (κ2) is 5.59. The standard InChI is InChI=1S/C13H14ClN3S/c1-3-11-16-12(15)8(2)13(17-11)18-10-7-5-4-6-9(10)14/h4-7H,3H2,1-2H3,(H2,15,16,17). The molecule has 0 spiro atoms. The van der Waals surface area contributed by atoms with E-state index in [9.17, 15) is 0 Å². The normalized spacial score (nSPS) is 10.6. The third-order valence-electron chi connectivity index (χ3n) is 2.54. The number of hydrogen-bond acceptors (Lipinski definition) is 4. The zero-order valence-corrected chi connectivity index (χ0v) is 11.8. The van der Waals surface area contributed by atoms with Gasteiger partial charge in [-0.3, -0.25) is 0 Å². The van der Waals surface area contributed by atoms with E-state index >= 15 is 0 Å². The van der Waals surface area contributed by atoms with Crippen molar-refractivity contribution in [1.29, 1.82) is 0 Å². The van der Waals surface area contributed by atoms with Gasteiger partial charge in [0.2, 0.25) is 0 Å². The molecular weight excluding hydrogens is 266 g/mol. The van der Waals surface area contributed by atoms with E-state index < -0.39 is 0 Å². The highest BCUT2D eigenvalue weighted by molar-refractivity contribution is 7.99. The minimum Gasteiger partial charge on any atom is -0.383 e. The Balaban J connectivity index is 2.40. The quantitative estimate of drug-likeness (QED) is 0.870. The van der Waals surface area contributed by atoms with Gasteiger partial charge in [0.1, 0.15) is 16.7 Å². The van der Waals surface area contributed by atoms with Crippen molar-refractivity contribution >= 4 is 29.2 Å². The molecule has 0 saturated carbocycles. The molecule has 2 aromatic rings. The number of aromatic nitrogens is 2. The largest absolute Gasteiger partial charge is 0.383 e. The summed E-state index contributed by atoms with van der Waals surface area (Å²) in [6.45, 7) is 3.93. The molecule has 0 bridgehead atoms. The van der Waals surface area contributed by atoms with E-state index in [1.807, 2.05) is 38.1 Å². The molecule has 5 heteroatoms. The van der Waals surface area contributed by atoms with Gasteiger partial charge in [-0.1, -0.05) is 42.4 Å². The summed E-state index contributed by atoms with van der Waals surface area (Å²) < 4.78 is 0. The molecule has 1 heterocycles. The van der Waals surface area contributed by atoms with Crippen molar-refractivity contribution < 1.29 is 0 Å². The van der Waals surface area contributed by atoms with Crippen molar-refractivity contribution in [3.63, 3.8) is 0 Å². The highest BCUT2D eigenvalue weighted by Crippen LogP contribution is 2.34. The van der Waals surface area contributed by atoms with E-state index in [2.05, 4.69) is 9.97 Å². The van der Waals surface area contributed by atoms with Crippen LogP contribution < -0.4 is 5.73 Å². The third-order valence-corrected chi connectivity index (χ3v) is 4.15. The predicted molar refractivity (Wildman–Crippen MR) is 76.1 cm³/mol. The number of anilines is 1. The lowest BCUT2D eigenvalue weighted by molar-refractivity contribution is 0.878. The number of rotatable bonds is 3. The Morgan fingerprint density at radius 3 is 2.67 bits per heavy atom. The summed E-state index contributed by atoms with van der Waals surface area (Å²) in [6.07, 6.45) is 0.764. The van der Waals surface area contributed by atoms with Crippen LogP contribution in [0.1, 0.15) is 18.3 Å². The van der Waals surface area contributed by atoms with Crippen LogP contribution in [0.3, 0.4) is 0 Å². The fourth-order valence-electron chi connectivity index (χ4n) is 1.45. The molecule has 3 nitrogen and oxygen atoms in total. The molecular formula is C13H14ClN3S. The maximum Gasteiger partial charge on any atom is 0.131 e. The second-order valence-electron chi connectivity index (χ2n) is 3.84. The summed E-state index contributed by atoms with van der Waals surface area (Å²) in [7, 11) is 0. The van der Waals surface area contributed by atoms with Crippen molar-refractivity contribution in [3.8, 4) is 0 Å². The molecule has 0 radical (unpaired) electrons. The lowest BCUT2D eigenvalue weighted by atomic mass is 10.3. The Hall–Kier alpha value is -1.26. The molecule has 1 aromatic carbocycles. The molecule has 0 atom stereocenters. The summed E-state index contributed by atoms with van der Waals surface area (Å²) in [5.41, 5.74) is 6.79. The fourth-order valence-corrected chi connectivity index (χ4v) is 2.63. The van der Waals surface area contributed by atoms with Crippen molar-refractivity contribution in [1.82, 2.24) is 9.97 Å². The number of nitrogens with zero attached hydrogens (tertiary/aromatic N) is 2. The van der Waals surface area contributed by atoms with Gasteiger partial charge in [-0.05, 0) is 19.1 Å². The van der Waals surface area contributed by atoms with Crippen LogP contribution in [-0.4, -0.2) is 9.97 Å². The molecule has 0 saturated heterocycles. The maximum absolute atomic E-state index is 6.14. The first-order chi connectivity index (χ1) is 8.61. The first-order valence-corrected chi connectivity index (χ1v) is 6.86. The number of nitrogen functional groups attached to an aromatic ring is 1. The van der Waals surface area contributed by atoms with Gasteiger partial charge in [0.05, 0.1) is 5.02 Å². The molecule has 0 aliphatic heterocycles. The molecule has 2 N–H and O–H groups in total. The Morgan fingerprint density at radius 2 is 2.00 bits per heavy atom. The predicted octanol–water partition coefficient (Wildman–Crippen LogP) is 3.73. The Bertz CT molecular complexity index is 572. The molecule has 18 heavy (non-hydrogen) atoms. The van der Waals surface area contributed by atoms with Crippen LogP contribution in [0.2, 0.25) is 5.02 Å². The zero-order chi connectivity index (χ0) is 13.1.